The van der Waals surface area contributed by atoms with Crippen molar-refractivity contribution in [3.8, 4) is 0 Å². The zero-order valence-corrected chi connectivity index (χ0v) is 21.3. The summed E-state index contributed by atoms with van der Waals surface area (Å²) in [5.74, 6) is -2.55. The van der Waals surface area contributed by atoms with Crippen molar-refractivity contribution in [2.45, 2.75) is 36.6 Å². The predicted octanol–water partition coefficient (Wildman–Crippen LogP) is 2.05. The molecular formula is C23H20ClFN6O7S. The zero-order valence-electron chi connectivity index (χ0n) is 19.7. The number of benzene rings is 1. The van der Waals surface area contributed by atoms with Crippen LogP contribution in [0.5, 0.6) is 0 Å². The third-order valence-corrected chi connectivity index (χ3v) is 7.08. The van der Waals surface area contributed by atoms with Crippen molar-refractivity contribution in [2.24, 2.45) is 0 Å². The molecule has 1 aliphatic rings. The smallest absolute Gasteiger partial charge is 0.342 e. The van der Waals surface area contributed by atoms with Gasteiger partial charge in [0, 0.05) is 11.8 Å². The number of aliphatic hydroxyl groups excluding tert-OH is 1. The van der Waals surface area contributed by atoms with Crippen LogP contribution in [0.2, 0.25) is 5.28 Å². The molecule has 0 saturated carbocycles. The molecule has 4 heterocycles. The number of carboxylic acids is 2. The van der Waals surface area contributed by atoms with Gasteiger partial charge in [-0.05, 0) is 29.3 Å². The fourth-order valence-electron chi connectivity index (χ4n) is 4.31. The fraction of sp³-hybridized carbons (Fsp3) is 0.304. The van der Waals surface area contributed by atoms with Crippen LogP contribution >= 0.6 is 22.9 Å². The average Bonchev–Trinajstić information content (AvgIpc) is 3.63. The van der Waals surface area contributed by atoms with Gasteiger partial charge in [-0.2, -0.15) is 9.97 Å². The second kappa shape index (κ2) is 10.4. The number of hydrogen-bond acceptors (Lipinski definition) is 11. The lowest BCUT2D eigenvalue weighted by Crippen LogP contribution is -2.44. The number of nitrogen functional groups attached to an aromatic ring is 1. The van der Waals surface area contributed by atoms with Gasteiger partial charge < -0.3 is 30.5 Å². The van der Waals surface area contributed by atoms with E-state index in [-0.39, 0.29) is 39.9 Å². The first kappa shape index (κ1) is 26.8. The summed E-state index contributed by atoms with van der Waals surface area (Å²) in [6.07, 6.45) is -5.36. The van der Waals surface area contributed by atoms with E-state index in [9.17, 15) is 19.8 Å². The summed E-state index contributed by atoms with van der Waals surface area (Å²) in [5, 5.41) is 31.4. The minimum atomic E-state index is -2.05. The van der Waals surface area contributed by atoms with Crippen molar-refractivity contribution in [1.82, 2.24) is 24.5 Å². The second-order valence-electron chi connectivity index (χ2n) is 8.70. The van der Waals surface area contributed by atoms with Crippen LogP contribution in [0, 0.1) is 0 Å². The molecule has 0 spiro atoms. The van der Waals surface area contributed by atoms with Gasteiger partial charge in [0.25, 0.3) is 0 Å². The van der Waals surface area contributed by atoms with E-state index in [1.807, 2.05) is 0 Å². The Morgan fingerprint density at radius 1 is 1.23 bits per heavy atom. The number of carbonyl (C=O) groups is 2. The maximum absolute atomic E-state index is 15.3. The number of imidazole rings is 1. The summed E-state index contributed by atoms with van der Waals surface area (Å²) in [6.45, 7) is -0.528. The third kappa shape index (κ3) is 4.90. The number of hydrogen-bond donors (Lipinski definition) is 4. The van der Waals surface area contributed by atoms with Crippen molar-refractivity contribution >= 4 is 51.9 Å². The summed E-state index contributed by atoms with van der Waals surface area (Å²) >= 11 is 7.03. The Kier molecular flexibility index (Phi) is 7.17. The van der Waals surface area contributed by atoms with Crippen LogP contribution in [0.3, 0.4) is 0 Å². The minimum Gasteiger partial charge on any atom is -0.479 e. The molecule has 1 fully saturated rings. The average molecular weight is 579 g/mol. The molecule has 204 valence electrons. The molecule has 4 aromatic rings. The number of carboxylic acid groups (broad SMARTS) is 2. The molecule has 3 aromatic heterocycles. The van der Waals surface area contributed by atoms with E-state index in [2.05, 4.69) is 19.9 Å². The molecule has 1 aromatic carbocycles. The Labute approximate surface area is 227 Å². The van der Waals surface area contributed by atoms with Crippen molar-refractivity contribution in [2.75, 3.05) is 12.3 Å². The van der Waals surface area contributed by atoms with Crippen LogP contribution in [-0.2, 0) is 26.3 Å². The molecule has 13 nitrogen and oxygen atoms in total. The molecular weight excluding hydrogens is 559 g/mol. The summed E-state index contributed by atoms with van der Waals surface area (Å²) in [4.78, 5) is 39.8. The number of aromatic nitrogens is 5. The lowest BCUT2D eigenvalue weighted by atomic mass is 9.91. The molecule has 0 amide bonds. The molecule has 5 rings (SSSR count). The first-order valence-electron chi connectivity index (χ1n) is 11.3. The maximum Gasteiger partial charge on any atom is 0.342 e. The Bertz CT molecular complexity index is 1520. The largest absolute Gasteiger partial charge is 0.479 e. The first-order chi connectivity index (χ1) is 18.6. The first-order valence-corrected chi connectivity index (χ1v) is 12.6. The Morgan fingerprint density at radius 2 is 1.97 bits per heavy atom. The normalized spacial score (nSPS) is 22.6. The molecule has 1 unspecified atom stereocenters. The van der Waals surface area contributed by atoms with Crippen LogP contribution < -0.4 is 5.73 Å². The Morgan fingerprint density at radius 3 is 2.62 bits per heavy atom. The zero-order chi connectivity index (χ0) is 27.9. The van der Waals surface area contributed by atoms with E-state index < -0.39 is 48.8 Å². The maximum atomic E-state index is 15.3. The Balaban J connectivity index is 1.41. The van der Waals surface area contributed by atoms with Gasteiger partial charge in [-0.25, -0.2) is 23.9 Å². The van der Waals surface area contributed by atoms with Gasteiger partial charge in [0.05, 0.1) is 29.7 Å². The Hall–Kier alpha value is -3.76. The highest BCUT2D eigenvalue weighted by Crippen LogP contribution is 2.37. The van der Waals surface area contributed by atoms with Gasteiger partial charge in [0.2, 0.25) is 10.9 Å². The molecule has 0 bridgehead atoms. The third-order valence-electron chi connectivity index (χ3n) is 6.33. The van der Waals surface area contributed by atoms with E-state index >= 15 is 4.39 Å². The number of halogens is 2. The van der Waals surface area contributed by atoms with Gasteiger partial charge in [-0.3, -0.25) is 4.57 Å². The highest BCUT2D eigenvalue weighted by molar-refractivity contribution is 7.07. The van der Waals surface area contributed by atoms with Gasteiger partial charge >= 0.3 is 11.9 Å². The van der Waals surface area contributed by atoms with E-state index in [0.29, 0.717) is 5.56 Å². The highest BCUT2D eigenvalue weighted by Gasteiger charge is 2.49. The van der Waals surface area contributed by atoms with Crippen molar-refractivity contribution < 1.29 is 38.8 Å². The fourth-order valence-corrected chi connectivity index (χ4v) is 5.10. The summed E-state index contributed by atoms with van der Waals surface area (Å²) < 4.78 is 28.1. The standard InChI is InChI=1S/C23H20ClFN6O7S/c24-22-29-17(26)15-18(30-22)31(8-27-15)19-14(25)16(32)12(38-19)6-37-23(21(35)36,13-7-39-9-28-13)5-10-1-3-11(4-2-10)20(33)34/h1-4,7-9,12,14,16,19,32H,5-6H2,(H,33,34)(H,35,36)(H2,26,29,30)/t12-,14+,16-,19-,23?/m1/s1. The van der Waals surface area contributed by atoms with Crippen molar-refractivity contribution in [3.63, 3.8) is 0 Å². The number of nitrogens with two attached hydrogens (primary N) is 1. The highest BCUT2D eigenvalue weighted by atomic mass is 35.5. The van der Waals surface area contributed by atoms with E-state index in [4.69, 9.17) is 31.9 Å². The molecule has 0 aliphatic carbocycles. The lowest BCUT2D eigenvalue weighted by Gasteiger charge is -2.30. The van der Waals surface area contributed by atoms with Gasteiger partial charge in [0.1, 0.15) is 17.7 Å². The lowest BCUT2D eigenvalue weighted by molar-refractivity contribution is -0.177. The number of aromatic carboxylic acids is 1. The number of aliphatic carboxylic acids is 1. The molecule has 39 heavy (non-hydrogen) atoms. The molecule has 1 saturated heterocycles. The van der Waals surface area contributed by atoms with Crippen LogP contribution in [0.15, 0.2) is 41.5 Å². The van der Waals surface area contributed by atoms with Gasteiger partial charge in [0.15, 0.2) is 23.9 Å². The number of nitrogens with zero attached hydrogens (tertiary/aromatic N) is 5. The quantitative estimate of drug-likeness (QED) is 0.211. The number of fused-ring (bicyclic) bond motifs is 1. The van der Waals surface area contributed by atoms with E-state index in [1.165, 1.54) is 46.1 Å². The van der Waals surface area contributed by atoms with Crippen molar-refractivity contribution in [1.29, 1.82) is 0 Å². The summed E-state index contributed by atoms with van der Waals surface area (Å²) in [7, 11) is 0. The van der Waals surface area contributed by atoms with Gasteiger partial charge in [-0.15, -0.1) is 11.3 Å². The molecule has 16 heteroatoms. The second-order valence-corrected chi connectivity index (χ2v) is 9.75. The van der Waals surface area contributed by atoms with Crippen LogP contribution in [0.4, 0.5) is 10.2 Å². The molecule has 1 aliphatic heterocycles. The molecule has 5 atom stereocenters. The van der Waals surface area contributed by atoms with Crippen LogP contribution in [0.25, 0.3) is 11.2 Å². The SMILES string of the molecule is Nc1nc(Cl)nc2c1ncn2[C@@H]1O[C@H](COC(Cc2ccc(C(=O)O)cc2)(C(=O)O)c2cscn2)[C@@H](O)[C@@H]1F. The number of ether oxygens (including phenoxy) is 2. The van der Waals surface area contributed by atoms with Crippen molar-refractivity contribution in [3.05, 3.63) is 63.6 Å². The van der Waals surface area contributed by atoms with Crippen LogP contribution in [-0.4, -0.2) is 76.7 Å². The summed E-state index contributed by atoms with van der Waals surface area (Å²) in [6, 6.07) is 5.61. The molecule has 5 N–H and O–H groups in total. The van der Waals surface area contributed by atoms with Crippen LogP contribution in [0.1, 0.15) is 27.8 Å². The van der Waals surface area contributed by atoms with E-state index in [0.717, 1.165) is 11.3 Å². The number of anilines is 1. The predicted molar refractivity (Wildman–Crippen MR) is 134 cm³/mol. The van der Waals surface area contributed by atoms with E-state index in [1.54, 1.807) is 0 Å². The number of rotatable bonds is 9. The molecule has 0 radical (unpaired) electrons. The topological polar surface area (TPSA) is 196 Å². The number of aliphatic hydroxyl groups is 1. The van der Waals surface area contributed by atoms with Gasteiger partial charge in [-0.1, -0.05) is 12.1 Å². The monoisotopic (exact) mass is 578 g/mol. The minimum absolute atomic E-state index is 0.0246. The number of thiazole rings is 1. The summed E-state index contributed by atoms with van der Waals surface area (Å²) in [5.41, 5.74) is 5.99. The number of alkyl halides is 1.